The van der Waals surface area contributed by atoms with Gasteiger partial charge in [-0.05, 0) is 47.8 Å². The van der Waals surface area contributed by atoms with Crippen LogP contribution in [0.3, 0.4) is 0 Å². The number of likely N-dealkylation sites (N-methyl/N-ethyl adjacent to an activating group) is 1. The number of ether oxygens (including phenoxy) is 1. The van der Waals surface area contributed by atoms with Gasteiger partial charge in [-0.25, -0.2) is 0 Å². The molecular formula is C17H23BrN2O5. The van der Waals surface area contributed by atoms with Crippen molar-refractivity contribution in [3.05, 3.63) is 22.6 Å². The standard InChI is InChI=1S/C17H23BrN2O5/c1-11(17(23)20(2)12-6-4-3-5-7-12)24-15(21)10-19-16(22)13-8-9-14(18)25-13/h8-9,11-12H,3-7,10H2,1-2H3,(H,19,22)/t11-/m1/s1. The number of carbonyl (C=O) groups excluding carboxylic acids is 3. The molecule has 1 aliphatic rings. The Hall–Kier alpha value is -1.83. The predicted octanol–water partition coefficient (Wildman–Crippen LogP) is 2.49. The van der Waals surface area contributed by atoms with E-state index < -0.39 is 18.0 Å². The molecule has 25 heavy (non-hydrogen) atoms. The molecule has 8 heteroatoms. The lowest BCUT2D eigenvalue weighted by Gasteiger charge is -2.32. The average molecular weight is 415 g/mol. The zero-order valence-electron chi connectivity index (χ0n) is 14.4. The first-order valence-electron chi connectivity index (χ1n) is 8.38. The van der Waals surface area contributed by atoms with Gasteiger partial charge in [0.2, 0.25) is 0 Å². The SMILES string of the molecule is C[C@@H](OC(=O)CNC(=O)c1ccc(Br)o1)C(=O)N(C)C1CCCCC1. The number of hydrogen-bond acceptors (Lipinski definition) is 5. The molecule has 138 valence electrons. The second-order valence-electron chi connectivity index (χ2n) is 6.16. The van der Waals surface area contributed by atoms with Gasteiger partial charge in [-0.3, -0.25) is 14.4 Å². The van der Waals surface area contributed by atoms with Gasteiger partial charge in [0.15, 0.2) is 16.5 Å². The van der Waals surface area contributed by atoms with Crippen LogP contribution in [0.1, 0.15) is 49.6 Å². The van der Waals surface area contributed by atoms with E-state index in [0.717, 1.165) is 25.7 Å². The Balaban J connectivity index is 1.76. The molecule has 1 heterocycles. The van der Waals surface area contributed by atoms with E-state index >= 15 is 0 Å². The monoisotopic (exact) mass is 414 g/mol. The quantitative estimate of drug-likeness (QED) is 0.722. The number of hydrogen-bond donors (Lipinski definition) is 1. The second-order valence-corrected chi connectivity index (χ2v) is 6.94. The number of carbonyl (C=O) groups is 3. The third-order valence-electron chi connectivity index (χ3n) is 4.32. The van der Waals surface area contributed by atoms with E-state index in [2.05, 4.69) is 21.2 Å². The van der Waals surface area contributed by atoms with Gasteiger partial charge in [-0.2, -0.15) is 0 Å². The van der Waals surface area contributed by atoms with E-state index in [9.17, 15) is 14.4 Å². The highest BCUT2D eigenvalue weighted by atomic mass is 79.9. The molecule has 0 bridgehead atoms. The highest BCUT2D eigenvalue weighted by Gasteiger charge is 2.27. The summed E-state index contributed by atoms with van der Waals surface area (Å²) in [6.07, 6.45) is 4.52. The summed E-state index contributed by atoms with van der Waals surface area (Å²) in [6, 6.07) is 3.27. The minimum Gasteiger partial charge on any atom is -0.451 e. The van der Waals surface area contributed by atoms with Crippen LogP contribution in [0.25, 0.3) is 0 Å². The van der Waals surface area contributed by atoms with Crippen LogP contribution in [0, 0.1) is 0 Å². The first-order chi connectivity index (χ1) is 11.9. The third-order valence-corrected chi connectivity index (χ3v) is 4.74. The zero-order chi connectivity index (χ0) is 18.4. The van der Waals surface area contributed by atoms with Gasteiger partial charge in [0.1, 0.15) is 6.54 Å². The molecule has 1 N–H and O–H groups in total. The van der Waals surface area contributed by atoms with Crippen molar-refractivity contribution in [1.82, 2.24) is 10.2 Å². The third kappa shape index (κ3) is 5.59. The van der Waals surface area contributed by atoms with E-state index in [1.54, 1.807) is 24.9 Å². The normalized spacial score (nSPS) is 16.1. The second kappa shape index (κ2) is 9.03. The zero-order valence-corrected chi connectivity index (χ0v) is 16.0. The van der Waals surface area contributed by atoms with Crippen molar-refractivity contribution < 1.29 is 23.5 Å². The van der Waals surface area contributed by atoms with Crippen LogP contribution < -0.4 is 5.32 Å². The lowest BCUT2D eigenvalue weighted by atomic mass is 9.94. The number of amides is 2. The minimum absolute atomic E-state index is 0.0841. The summed E-state index contributed by atoms with van der Waals surface area (Å²) in [7, 11) is 1.75. The van der Waals surface area contributed by atoms with Gasteiger partial charge < -0.3 is 19.4 Å². The molecule has 0 aromatic carbocycles. The number of halogens is 1. The fourth-order valence-corrected chi connectivity index (χ4v) is 3.21. The highest BCUT2D eigenvalue weighted by molar-refractivity contribution is 9.10. The molecule has 2 amide bonds. The number of furan rings is 1. The lowest BCUT2D eigenvalue weighted by molar-refractivity contribution is -0.158. The van der Waals surface area contributed by atoms with Crippen LogP contribution in [0.2, 0.25) is 0 Å². The molecule has 1 fully saturated rings. The summed E-state index contributed by atoms with van der Waals surface area (Å²) in [5.74, 6) is -1.33. The summed E-state index contributed by atoms with van der Waals surface area (Å²) in [4.78, 5) is 37.7. The summed E-state index contributed by atoms with van der Waals surface area (Å²) < 4.78 is 10.6. The molecule has 0 aliphatic heterocycles. The molecule has 1 atom stereocenters. The van der Waals surface area contributed by atoms with Crippen LogP contribution in [0.15, 0.2) is 21.2 Å². The van der Waals surface area contributed by atoms with Crippen LogP contribution in [-0.4, -0.2) is 48.4 Å². The molecule has 1 aromatic heterocycles. The van der Waals surface area contributed by atoms with E-state index in [1.165, 1.54) is 12.5 Å². The molecule has 1 aromatic rings. The average Bonchev–Trinajstić information content (AvgIpc) is 3.05. The highest BCUT2D eigenvalue weighted by Crippen LogP contribution is 2.22. The van der Waals surface area contributed by atoms with Crippen molar-refractivity contribution in [1.29, 1.82) is 0 Å². The van der Waals surface area contributed by atoms with Crippen LogP contribution in [0.5, 0.6) is 0 Å². The van der Waals surface area contributed by atoms with Crippen molar-refractivity contribution >= 4 is 33.7 Å². The Morgan fingerprint density at radius 1 is 1.32 bits per heavy atom. The Labute approximate surface area is 155 Å². The van der Waals surface area contributed by atoms with Crippen molar-refractivity contribution in [2.75, 3.05) is 13.6 Å². The summed E-state index contributed by atoms with van der Waals surface area (Å²) in [5.41, 5.74) is 0. The van der Waals surface area contributed by atoms with Gasteiger partial charge in [0.25, 0.3) is 11.8 Å². The first-order valence-corrected chi connectivity index (χ1v) is 9.17. The predicted molar refractivity (Wildman–Crippen MR) is 93.9 cm³/mol. The molecule has 1 saturated carbocycles. The molecule has 1 aliphatic carbocycles. The summed E-state index contributed by atoms with van der Waals surface area (Å²) in [5, 5.41) is 2.40. The minimum atomic E-state index is -0.880. The van der Waals surface area contributed by atoms with Crippen LogP contribution in [-0.2, 0) is 14.3 Å². The Morgan fingerprint density at radius 2 is 2.00 bits per heavy atom. The largest absolute Gasteiger partial charge is 0.451 e. The molecule has 7 nitrogen and oxygen atoms in total. The summed E-state index contributed by atoms with van der Waals surface area (Å²) in [6.45, 7) is 1.22. The molecule has 0 saturated heterocycles. The molecule has 0 radical (unpaired) electrons. The molecule has 0 spiro atoms. The number of rotatable bonds is 6. The molecule has 0 unspecified atom stereocenters. The fourth-order valence-electron chi connectivity index (χ4n) is 2.90. The van der Waals surface area contributed by atoms with Crippen molar-refractivity contribution in [3.63, 3.8) is 0 Å². The number of nitrogens with one attached hydrogen (secondary N) is 1. The maximum absolute atomic E-state index is 12.4. The van der Waals surface area contributed by atoms with Crippen LogP contribution in [0.4, 0.5) is 0 Å². The first kappa shape index (κ1) is 19.5. The lowest BCUT2D eigenvalue weighted by Crippen LogP contribution is -2.45. The van der Waals surface area contributed by atoms with E-state index in [1.807, 2.05) is 0 Å². The summed E-state index contributed by atoms with van der Waals surface area (Å²) >= 11 is 3.09. The van der Waals surface area contributed by atoms with Gasteiger partial charge >= 0.3 is 5.97 Å². The van der Waals surface area contributed by atoms with Gasteiger partial charge in [-0.1, -0.05) is 19.3 Å². The topological polar surface area (TPSA) is 88.8 Å². The molecule has 2 rings (SSSR count). The van der Waals surface area contributed by atoms with E-state index in [0.29, 0.717) is 4.67 Å². The fraction of sp³-hybridized carbons (Fsp3) is 0.588. The smallest absolute Gasteiger partial charge is 0.326 e. The van der Waals surface area contributed by atoms with Crippen molar-refractivity contribution in [3.8, 4) is 0 Å². The van der Waals surface area contributed by atoms with Gasteiger partial charge in [0, 0.05) is 13.1 Å². The van der Waals surface area contributed by atoms with Crippen LogP contribution >= 0.6 is 15.9 Å². The Bertz CT molecular complexity index is 624. The van der Waals surface area contributed by atoms with Crippen molar-refractivity contribution in [2.24, 2.45) is 0 Å². The maximum Gasteiger partial charge on any atom is 0.326 e. The number of esters is 1. The van der Waals surface area contributed by atoms with Gasteiger partial charge in [-0.15, -0.1) is 0 Å². The maximum atomic E-state index is 12.4. The van der Waals surface area contributed by atoms with E-state index in [-0.39, 0.29) is 24.3 Å². The van der Waals surface area contributed by atoms with E-state index in [4.69, 9.17) is 9.15 Å². The molecular weight excluding hydrogens is 392 g/mol. The van der Waals surface area contributed by atoms with Crippen molar-refractivity contribution in [2.45, 2.75) is 51.2 Å². The Morgan fingerprint density at radius 3 is 2.60 bits per heavy atom. The van der Waals surface area contributed by atoms with Gasteiger partial charge in [0.05, 0.1) is 0 Å². The Kier molecular flexibility index (Phi) is 7.04. The number of nitrogens with zero attached hydrogens (tertiary/aromatic N) is 1.